The Balaban J connectivity index is 1.53. The van der Waals surface area contributed by atoms with E-state index in [4.69, 9.17) is 0 Å². The molecular weight excluding hydrogens is 404 g/mol. The first-order valence-corrected chi connectivity index (χ1v) is 11.1. The number of carbonyl (C=O) groups is 3. The first-order valence-electron chi connectivity index (χ1n) is 11.1. The Morgan fingerprint density at radius 2 is 1.88 bits per heavy atom. The van der Waals surface area contributed by atoms with Crippen molar-refractivity contribution in [2.75, 3.05) is 4.90 Å². The van der Waals surface area contributed by atoms with Gasteiger partial charge in [0.15, 0.2) is 0 Å². The van der Waals surface area contributed by atoms with Crippen LogP contribution in [-0.2, 0) is 11.2 Å². The van der Waals surface area contributed by atoms with E-state index in [0.29, 0.717) is 17.7 Å². The van der Waals surface area contributed by atoms with Gasteiger partial charge in [-0.3, -0.25) is 9.59 Å². The summed E-state index contributed by atoms with van der Waals surface area (Å²) >= 11 is 0. The van der Waals surface area contributed by atoms with Crippen LogP contribution >= 0.6 is 0 Å². The molecule has 32 heavy (non-hydrogen) atoms. The van der Waals surface area contributed by atoms with Crippen molar-refractivity contribution in [1.29, 1.82) is 0 Å². The van der Waals surface area contributed by atoms with Crippen LogP contribution in [0.2, 0.25) is 0 Å². The van der Waals surface area contributed by atoms with Gasteiger partial charge in [0, 0.05) is 29.1 Å². The lowest BCUT2D eigenvalue weighted by Crippen LogP contribution is -2.42. The lowest BCUT2D eigenvalue weighted by molar-refractivity contribution is -0.120. The number of benzene rings is 2. The summed E-state index contributed by atoms with van der Waals surface area (Å²) in [6, 6.07) is 13.5. The monoisotopic (exact) mass is 430 g/mol. The number of para-hydroxylation sites is 2. The third-order valence-electron chi connectivity index (χ3n) is 6.71. The summed E-state index contributed by atoms with van der Waals surface area (Å²) in [5, 5.41) is 4.02. The summed E-state index contributed by atoms with van der Waals surface area (Å²) in [4.78, 5) is 46.2. The molecule has 0 bridgehead atoms. The fraction of sp³-hybridized carbons (Fsp3) is 0.320. The molecule has 2 N–H and O–H groups in total. The fourth-order valence-electron chi connectivity index (χ4n) is 4.85. The van der Waals surface area contributed by atoms with Gasteiger partial charge in [-0.2, -0.15) is 0 Å². The number of nitrogens with one attached hydrogen (secondary N) is 2. The second-order valence-electron chi connectivity index (χ2n) is 8.62. The molecule has 0 radical (unpaired) electrons. The topological polar surface area (TPSA) is 85.5 Å². The number of H-pyrrole nitrogens is 1. The highest BCUT2D eigenvalue weighted by Crippen LogP contribution is 2.42. The third-order valence-corrected chi connectivity index (χ3v) is 6.71. The van der Waals surface area contributed by atoms with Crippen LogP contribution in [0.25, 0.3) is 10.9 Å². The van der Waals surface area contributed by atoms with Gasteiger partial charge in [0.1, 0.15) is 6.04 Å². The quantitative estimate of drug-likeness (QED) is 0.610. The number of imide groups is 1. The largest absolute Gasteiger partial charge is 0.356 e. The zero-order chi connectivity index (χ0) is 22.6. The first kappa shape index (κ1) is 20.3. The Kier molecular flexibility index (Phi) is 4.77. The molecule has 3 heterocycles. The van der Waals surface area contributed by atoms with E-state index in [0.717, 1.165) is 28.6 Å². The predicted molar refractivity (Wildman–Crippen MR) is 123 cm³/mol. The molecule has 1 fully saturated rings. The molecule has 0 spiro atoms. The lowest BCUT2D eigenvalue weighted by Gasteiger charge is -2.33. The molecule has 2 aliphatic rings. The normalized spacial score (nSPS) is 21.0. The van der Waals surface area contributed by atoms with Crippen molar-refractivity contribution in [2.24, 2.45) is 0 Å². The minimum atomic E-state index is -0.588. The molecule has 7 nitrogen and oxygen atoms in total. The SMILES string of the molecule is CCC(C)NC(=O)c1ccccc1N1C(=O)[C@@H]2Cc3c([nH]c4ccccc34)C(C)N2C1=O. The number of hydrogen-bond acceptors (Lipinski definition) is 3. The maximum absolute atomic E-state index is 13.5. The van der Waals surface area contributed by atoms with Gasteiger partial charge in [0.2, 0.25) is 0 Å². The Hall–Kier alpha value is -3.61. The standard InChI is InChI=1S/C25H26N4O3/c1-4-14(2)26-23(30)17-10-6-8-12-20(17)29-24(31)21-13-18-16-9-5-7-11-19(16)27-22(18)15(3)28(21)25(29)32/h5-12,14-15,21,27H,4,13H2,1-3H3,(H,26,30)/t14?,15?,21-/m0/s1. The number of aromatic amines is 1. The number of carbonyl (C=O) groups excluding carboxylic acids is 3. The number of rotatable bonds is 4. The van der Waals surface area contributed by atoms with Crippen molar-refractivity contribution in [3.05, 3.63) is 65.4 Å². The molecule has 1 saturated heterocycles. The van der Waals surface area contributed by atoms with Crippen LogP contribution in [0.3, 0.4) is 0 Å². The third kappa shape index (κ3) is 2.92. The molecule has 3 aromatic rings. The van der Waals surface area contributed by atoms with Crippen LogP contribution in [0, 0.1) is 0 Å². The van der Waals surface area contributed by atoms with Gasteiger partial charge in [0.25, 0.3) is 11.8 Å². The van der Waals surface area contributed by atoms with Gasteiger partial charge in [-0.25, -0.2) is 9.69 Å². The van der Waals surface area contributed by atoms with Crippen LogP contribution in [0.15, 0.2) is 48.5 Å². The van der Waals surface area contributed by atoms with Gasteiger partial charge in [-0.15, -0.1) is 0 Å². The second kappa shape index (κ2) is 7.51. The van der Waals surface area contributed by atoms with E-state index in [2.05, 4.69) is 10.3 Å². The number of anilines is 1. The van der Waals surface area contributed by atoms with Gasteiger partial charge in [0.05, 0.1) is 17.3 Å². The summed E-state index contributed by atoms with van der Waals surface area (Å²) in [6.07, 6.45) is 1.24. The molecule has 1 aromatic heterocycles. The van der Waals surface area contributed by atoms with Crippen molar-refractivity contribution in [2.45, 2.75) is 51.7 Å². The van der Waals surface area contributed by atoms with Gasteiger partial charge < -0.3 is 15.2 Å². The molecule has 2 unspecified atom stereocenters. The minimum Gasteiger partial charge on any atom is -0.356 e. The Labute approximate surface area is 186 Å². The molecule has 4 amide bonds. The van der Waals surface area contributed by atoms with Gasteiger partial charge >= 0.3 is 6.03 Å². The van der Waals surface area contributed by atoms with Gasteiger partial charge in [-0.1, -0.05) is 37.3 Å². The summed E-state index contributed by atoms with van der Waals surface area (Å²) in [5.74, 6) is -0.578. The fourth-order valence-corrected chi connectivity index (χ4v) is 4.85. The molecular formula is C25H26N4O3. The molecule has 0 saturated carbocycles. The number of urea groups is 1. The van der Waals surface area contributed by atoms with Crippen LogP contribution in [0.1, 0.15) is 54.8 Å². The van der Waals surface area contributed by atoms with Crippen LogP contribution in [0.4, 0.5) is 10.5 Å². The first-order chi connectivity index (χ1) is 15.4. The number of fused-ring (bicyclic) bond motifs is 4. The maximum Gasteiger partial charge on any atom is 0.332 e. The molecule has 164 valence electrons. The average Bonchev–Trinajstić information content (AvgIpc) is 3.29. The van der Waals surface area contributed by atoms with E-state index in [9.17, 15) is 14.4 Å². The van der Waals surface area contributed by atoms with Gasteiger partial charge in [-0.05, 0) is 44.0 Å². The van der Waals surface area contributed by atoms with Crippen LogP contribution < -0.4 is 10.2 Å². The summed E-state index contributed by atoms with van der Waals surface area (Å²) in [6.45, 7) is 5.85. The molecule has 7 heteroatoms. The highest BCUT2D eigenvalue weighted by atomic mass is 16.2. The van der Waals surface area contributed by atoms with Crippen LogP contribution in [-0.4, -0.2) is 39.8 Å². The summed E-state index contributed by atoms with van der Waals surface area (Å²) in [7, 11) is 0. The maximum atomic E-state index is 13.5. The molecule has 2 aromatic carbocycles. The van der Waals surface area contributed by atoms with E-state index < -0.39 is 6.04 Å². The van der Waals surface area contributed by atoms with Crippen molar-refractivity contribution in [3.8, 4) is 0 Å². The van der Waals surface area contributed by atoms with Crippen molar-refractivity contribution < 1.29 is 14.4 Å². The van der Waals surface area contributed by atoms with E-state index in [1.165, 1.54) is 4.90 Å². The molecule has 3 atom stereocenters. The van der Waals surface area contributed by atoms with E-state index >= 15 is 0 Å². The Morgan fingerprint density at radius 3 is 2.66 bits per heavy atom. The van der Waals surface area contributed by atoms with E-state index in [-0.39, 0.29) is 29.9 Å². The minimum absolute atomic E-state index is 0.00907. The predicted octanol–water partition coefficient (Wildman–Crippen LogP) is 4.15. The van der Waals surface area contributed by atoms with Crippen LogP contribution in [0.5, 0.6) is 0 Å². The number of amides is 4. The second-order valence-corrected chi connectivity index (χ2v) is 8.62. The number of nitrogens with zero attached hydrogens (tertiary/aromatic N) is 2. The molecule has 0 aliphatic carbocycles. The molecule has 5 rings (SSSR count). The Morgan fingerprint density at radius 1 is 1.16 bits per heavy atom. The van der Waals surface area contributed by atoms with E-state index in [1.54, 1.807) is 29.2 Å². The lowest BCUT2D eigenvalue weighted by atomic mass is 9.93. The summed E-state index contributed by atoms with van der Waals surface area (Å²) in [5.41, 5.74) is 3.71. The van der Waals surface area contributed by atoms with Crippen molar-refractivity contribution in [1.82, 2.24) is 15.2 Å². The smallest absolute Gasteiger partial charge is 0.332 e. The van der Waals surface area contributed by atoms with Crippen molar-refractivity contribution >= 4 is 34.4 Å². The van der Waals surface area contributed by atoms with E-state index in [1.807, 2.05) is 45.0 Å². The number of hydrogen-bond donors (Lipinski definition) is 2. The Bertz CT molecular complexity index is 1250. The highest BCUT2D eigenvalue weighted by molar-refractivity contribution is 6.24. The zero-order valence-corrected chi connectivity index (χ0v) is 18.4. The zero-order valence-electron chi connectivity index (χ0n) is 18.4. The highest BCUT2D eigenvalue weighted by Gasteiger charge is 2.52. The number of aromatic nitrogens is 1. The molecule has 2 aliphatic heterocycles. The van der Waals surface area contributed by atoms with Crippen molar-refractivity contribution in [3.63, 3.8) is 0 Å². The average molecular weight is 431 g/mol. The summed E-state index contributed by atoms with van der Waals surface area (Å²) < 4.78 is 0.